The Labute approximate surface area is 76.9 Å². The van der Waals surface area contributed by atoms with Crippen LogP contribution in [0.5, 0.6) is 0 Å². The number of halogens is 1. The van der Waals surface area contributed by atoms with Gasteiger partial charge in [0.25, 0.3) is 0 Å². The van der Waals surface area contributed by atoms with E-state index in [2.05, 4.69) is 29.4 Å². The van der Waals surface area contributed by atoms with Crippen molar-refractivity contribution in [3.8, 4) is 0 Å². The fourth-order valence-electron chi connectivity index (χ4n) is 0.715. The van der Waals surface area contributed by atoms with Crippen LogP contribution in [0.2, 0.25) is 0 Å². The molecule has 0 saturated carbocycles. The summed E-state index contributed by atoms with van der Waals surface area (Å²) in [5.41, 5.74) is 0. The molecule has 11 heavy (non-hydrogen) atoms. The number of hydrogen-bond donors (Lipinski definition) is 1. The average molecular weight is 219 g/mol. The summed E-state index contributed by atoms with van der Waals surface area (Å²) in [6, 6.07) is 0. The van der Waals surface area contributed by atoms with Crippen molar-refractivity contribution in [1.82, 2.24) is 0 Å². The third-order valence-corrected chi connectivity index (χ3v) is 1.57. The predicted octanol–water partition coefficient (Wildman–Crippen LogP) is 3.00. The van der Waals surface area contributed by atoms with Gasteiger partial charge in [0, 0.05) is 6.42 Å². The van der Waals surface area contributed by atoms with E-state index in [-0.39, 0.29) is 6.10 Å². The average Bonchev–Trinajstić information content (AvgIpc) is 1.86. The second kappa shape index (κ2) is 6.62. The summed E-state index contributed by atoms with van der Waals surface area (Å²) in [4.78, 5) is 0. The highest BCUT2D eigenvalue weighted by Crippen LogP contribution is 2.10. The molecule has 1 nitrogen and oxygen atoms in total. The largest absolute Gasteiger partial charge is 0.389 e. The van der Waals surface area contributed by atoms with Crippen molar-refractivity contribution in [3.63, 3.8) is 0 Å². The molecule has 0 bridgehead atoms. The van der Waals surface area contributed by atoms with Crippen LogP contribution in [0.4, 0.5) is 0 Å². The number of aliphatic hydroxyl groups excluding tert-OH is 1. The van der Waals surface area contributed by atoms with E-state index in [1.807, 2.05) is 12.2 Å². The molecule has 0 aliphatic heterocycles. The lowest BCUT2D eigenvalue weighted by atomic mass is 10.2. The lowest BCUT2D eigenvalue weighted by Gasteiger charge is -2.02. The summed E-state index contributed by atoms with van der Waals surface area (Å²) in [5, 5.41) is 9.27. The van der Waals surface area contributed by atoms with Crippen LogP contribution < -0.4 is 0 Å². The van der Waals surface area contributed by atoms with Gasteiger partial charge < -0.3 is 5.11 Å². The van der Waals surface area contributed by atoms with E-state index in [0.717, 1.165) is 17.3 Å². The molecule has 0 rings (SSSR count). The lowest BCUT2D eigenvalue weighted by Crippen LogP contribution is -2.00. The van der Waals surface area contributed by atoms with Crippen molar-refractivity contribution < 1.29 is 5.11 Å². The van der Waals surface area contributed by atoms with E-state index in [4.69, 9.17) is 0 Å². The molecule has 1 atom stereocenters. The molecule has 0 saturated heterocycles. The van der Waals surface area contributed by atoms with Gasteiger partial charge in [-0.1, -0.05) is 48.0 Å². The minimum Gasteiger partial charge on any atom is -0.389 e. The van der Waals surface area contributed by atoms with Gasteiger partial charge in [-0.3, -0.25) is 0 Å². The monoisotopic (exact) mass is 218 g/mol. The predicted molar refractivity (Wildman–Crippen MR) is 52.7 cm³/mol. The topological polar surface area (TPSA) is 20.2 Å². The molecule has 0 aromatic heterocycles. The molecule has 0 heterocycles. The van der Waals surface area contributed by atoms with Crippen LogP contribution in [-0.4, -0.2) is 11.2 Å². The Morgan fingerprint density at radius 2 is 2.36 bits per heavy atom. The molecule has 0 aromatic rings. The molecule has 0 aromatic carbocycles. The second-order valence-electron chi connectivity index (χ2n) is 2.51. The second-order valence-corrected chi connectivity index (χ2v) is 3.63. The lowest BCUT2D eigenvalue weighted by molar-refractivity contribution is 0.226. The Morgan fingerprint density at radius 1 is 1.73 bits per heavy atom. The maximum Gasteiger partial charge on any atom is 0.0766 e. The molecule has 0 radical (unpaired) electrons. The normalized spacial score (nSPS) is 13.7. The van der Waals surface area contributed by atoms with Crippen molar-refractivity contribution in [2.24, 2.45) is 0 Å². The summed E-state index contributed by atoms with van der Waals surface area (Å²) in [7, 11) is 0. The summed E-state index contributed by atoms with van der Waals surface area (Å²) in [6.07, 6.45) is 6.19. The summed E-state index contributed by atoms with van der Waals surface area (Å²) >= 11 is 3.20. The third-order valence-electron chi connectivity index (χ3n) is 1.24. The third kappa shape index (κ3) is 7.82. The zero-order valence-corrected chi connectivity index (χ0v) is 8.47. The van der Waals surface area contributed by atoms with Crippen molar-refractivity contribution in [3.05, 3.63) is 23.2 Å². The van der Waals surface area contributed by atoms with Crippen LogP contribution in [0, 0.1) is 0 Å². The molecule has 0 fully saturated rings. The Kier molecular flexibility index (Phi) is 6.57. The Hall–Kier alpha value is -0.0800. The van der Waals surface area contributed by atoms with E-state index in [0.29, 0.717) is 6.42 Å². The Morgan fingerprint density at radius 3 is 2.82 bits per heavy atom. The molecule has 64 valence electrons. The summed E-state index contributed by atoms with van der Waals surface area (Å²) < 4.78 is 0.839. The zero-order valence-electron chi connectivity index (χ0n) is 6.89. The van der Waals surface area contributed by atoms with Gasteiger partial charge in [-0.05, 0) is 10.9 Å². The van der Waals surface area contributed by atoms with Gasteiger partial charge in [0.2, 0.25) is 0 Å². The van der Waals surface area contributed by atoms with Crippen LogP contribution in [-0.2, 0) is 0 Å². The fourth-order valence-corrected chi connectivity index (χ4v) is 1.05. The summed E-state index contributed by atoms with van der Waals surface area (Å²) in [6.45, 7) is 5.76. The van der Waals surface area contributed by atoms with Gasteiger partial charge in [0.1, 0.15) is 0 Å². The van der Waals surface area contributed by atoms with Gasteiger partial charge >= 0.3 is 0 Å². The van der Waals surface area contributed by atoms with Crippen molar-refractivity contribution >= 4 is 15.9 Å². The van der Waals surface area contributed by atoms with Crippen LogP contribution in [0.3, 0.4) is 0 Å². The molecule has 0 unspecified atom stereocenters. The Balaban J connectivity index is 3.50. The zero-order chi connectivity index (χ0) is 8.69. The molecule has 0 spiro atoms. The molecule has 1 N–H and O–H groups in total. The SMILES string of the molecule is C=C(Br)C[C@H](O)/C=C/CCC. The summed E-state index contributed by atoms with van der Waals surface area (Å²) in [5.74, 6) is 0. The van der Waals surface area contributed by atoms with Gasteiger partial charge in [0.15, 0.2) is 0 Å². The maximum atomic E-state index is 9.27. The van der Waals surface area contributed by atoms with Crippen molar-refractivity contribution in [1.29, 1.82) is 0 Å². The number of allylic oxidation sites excluding steroid dienone is 1. The molecule has 2 heteroatoms. The van der Waals surface area contributed by atoms with Gasteiger partial charge in [0.05, 0.1) is 6.10 Å². The molecule has 0 amide bonds. The van der Waals surface area contributed by atoms with Crippen LogP contribution >= 0.6 is 15.9 Å². The van der Waals surface area contributed by atoms with Crippen LogP contribution in [0.15, 0.2) is 23.2 Å². The van der Waals surface area contributed by atoms with Gasteiger partial charge in [-0.15, -0.1) is 0 Å². The van der Waals surface area contributed by atoms with E-state index < -0.39 is 0 Å². The van der Waals surface area contributed by atoms with Crippen LogP contribution in [0.25, 0.3) is 0 Å². The first-order chi connectivity index (χ1) is 5.16. The molecular weight excluding hydrogens is 204 g/mol. The highest BCUT2D eigenvalue weighted by molar-refractivity contribution is 9.11. The van der Waals surface area contributed by atoms with Crippen molar-refractivity contribution in [2.75, 3.05) is 0 Å². The quantitative estimate of drug-likeness (QED) is 0.704. The highest BCUT2D eigenvalue weighted by Gasteiger charge is 1.98. The maximum absolute atomic E-state index is 9.27. The first kappa shape index (κ1) is 10.9. The Bertz CT molecular complexity index is 140. The smallest absolute Gasteiger partial charge is 0.0766 e. The number of unbranched alkanes of at least 4 members (excludes halogenated alkanes) is 1. The highest BCUT2D eigenvalue weighted by atomic mass is 79.9. The van der Waals surface area contributed by atoms with E-state index in [1.54, 1.807) is 0 Å². The number of rotatable bonds is 5. The minimum absolute atomic E-state index is 0.381. The van der Waals surface area contributed by atoms with Gasteiger partial charge in [-0.2, -0.15) is 0 Å². The van der Waals surface area contributed by atoms with E-state index in [1.165, 1.54) is 0 Å². The number of aliphatic hydroxyl groups is 1. The van der Waals surface area contributed by atoms with Gasteiger partial charge in [-0.25, -0.2) is 0 Å². The minimum atomic E-state index is -0.381. The standard InChI is InChI=1S/C9H15BrO/c1-3-4-5-6-9(11)7-8(2)10/h5-6,9,11H,2-4,7H2,1H3/b6-5+/t9-/m1/s1. The number of hydrogen-bond acceptors (Lipinski definition) is 1. The first-order valence-electron chi connectivity index (χ1n) is 3.84. The fraction of sp³-hybridized carbons (Fsp3) is 0.556. The molecular formula is C9H15BrO. The van der Waals surface area contributed by atoms with E-state index >= 15 is 0 Å². The molecule has 0 aliphatic rings. The first-order valence-corrected chi connectivity index (χ1v) is 4.64. The van der Waals surface area contributed by atoms with E-state index in [9.17, 15) is 5.11 Å². The molecule has 0 aliphatic carbocycles. The van der Waals surface area contributed by atoms with Crippen molar-refractivity contribution in [2.45, 2.75) is 32.3 Å². The van der Waals surface area contributed by atoms with Crippen LogP contribution in [0.1, 0.15) is 26.2 Å².